The zero-order chi connectivity index (χ0) is 45.0. The molecule has 0 saturated carbocycles. The summed E-state index contributed by atoms with van der Waals surface area (Å²) in [6.45, 7) is 4.93. The fourth-order valence-corrected chi connectivity index (χ4v) is 9.08. The van der Waals surface area contributed by atoms with Gasteiger partial charge < -0.3 is 19.8 Å². The Labute approximate surface area is 380 Å². The fraction of sp³-hybridized carbons (Fsp3) is 0.981. The van der Waals surface area contributed by atoms with Gasteiger partial charge in [0.25, 0.3) is 0 Å². The van der Waals surface area contributed by atoms with Crippen LogP contribution in [-0.4, -0.2) is 73.4 Å². The predicted octanol–water partition coefficient (Wildman–Crippen LogP) is 15.7. The van der Waals surface area contributed by atoms with Crippen molar-refractivity contribution in [3.63, 3.8) is 0 Å². The molecule has 61 heavy (non-hydrogen) atoms. The van der Waals surface area contributed by atoms with E-state index in [0.717, 1.165) is 38.5 Å². The Kier molecular flexibility index (Phi) is 44.3. The Morgan fingerprint density at radius 3 is 1.10 bits per heavy atom. The molecule has 3 N–H and O–H groups in total. The van der Waals surface area contributed by atoms with Crippen molar-refractivity contribution in [3.8, 4) is 0 Å². The first-order valence-electron chi connectivity index (χ1n) is 26.9. The Hall–Kier alpha value is -0.500. The normalized spacial score (nSPS) is 14.0. The minimum Gasteiger partial charge on any atom is -0.391 e. The van der Waals surface area contributed by atoms with Gasteiger partial charge in [-0.2, -0.15) is 0 Å². The van der Waals surface area contributed by atoms with E-state index < -0.39 is 20.0 Å². The third-order valence-corrected chi connectivity index (χ3v) is 13.6. The average Bonchev–Trinajstić information content (AvgIpc) is 3.21. The van der Waals surface area contributed by atoms with Crippen LogP contribution in [0, 0.1) is 0 Å². The van der Waals surface area contributed by atoms with Gasteiger partial charge in [-0.3, -0.25) is 13.8 Å². The summed E-state index contributed by atoms with van der Waals surface area (Å²) in [7, 11) is 1.63. The second kappa shape index (κ2) is 44.7. The zero-order valence-corrected chi connectivity index (χ0v) is 42.6. The molecule has 0 aromatic rings. The third-order valence-electron chi connectivity index (χ3n) is 12.6. The van der Waals surface area contributed by atoms with Crippen molar-refractivity contribution in [1.82, 2.24) is 5.32 Å². The van der Waals surface area contributed by atoms with Crippen LogP contribution in [0.5, 0.6) is 0 Å². The fourth-order valence-electron chi connectivity index (χ4n) is 8.34. The monoisotopic (exact) mass is 888 g/mol. The zero-order valence-electron chi connectivity index (χ0n) is 41.7. The van der Waals surface area contributed by atoms with Gasteiger partial charge in [-0.05, 0) is 12.8 Å². The van der Waals surface area contributed by atoms with Gasteiger partial charge in [0.1, 0.15) is 13.2 Å². The van der Waals surface area contributed by atoms with Gasteiger partial charge in [-0.1, -0.05) is 258 Å². The van der Waals surface area contributed by atoms with E-state index >= 15 is 0 Å². The van der Waals surface area contributed by atoms with E-state index in [1.807, 2.05) is 21.1 Å². The highest BCUT2D eigenvalue weighted by Crippen LogP contribution is 2.43. The molecule has 0 rings (SSSR count). The van der Waals surface area contributed by atoms with Crippen molar-refractivity contribution in [2.75, 3.05) is 40.9 Å². The largest absolute Gasteiger partial charge is 0.472 e. The predicted molar refractivity (Wildman–Crippen MR) is 263 cm³/mol. The molecule has 1 amide bonds. The van der Waals surface area contributed by atoms with Crippen LogP contribution in [0.1, 0.15) is 277 Å². The average molecular weight is 888 g/mol. The van der Waals surface area contributed by atoms with Gasteiger partial charge in [0.2, 0.25) is 5.91 Å². The summed E-state index contributed by atoms with van der Waals surface area (Å²) in [6.07, 6.45) is 51.5. The Balaban J connectivity index is 4.07. The van der Waals surface area contributed by atoms with Crippen LogP contribution in [0.25, 0.3) is 0 Å². The molecule has 0 spiro atoms. The number of carbonyl (C=O) groups excluding carboxylic acids is 1. The van der Waals surface area contributed by atoms with Crippen molar-refractivity contribution in [2.45, 2.75) is 289 Å². The van der Waals surface area contributed by atoms with E-state index in [1.54, 1.807) is 0 Å². The van der Waals surface area contributed by atoms with Crippen LogP contribution in [0.15, 0.2) is 0 Å². The van der Waals surface area contributed by atoms with Crippen LogP contribution >= 0.6 is 7.82 Å². The lowest BCUT2D eigenvalue weighted by Gasteiger charge is -2.26. The lowest BCUT2D eigenvalue weighted by molar-refractivity contribution is -0.870. The number of quaternary nitrogens is 1. The van der Waals surface area contributed by atoms with E-state index in [0.29, 0.717) is 23.9 Å². The summed E-state index contributed by atoms with van der Waals surface area (Å²) in [5.74, 6) is -0.138. The number of unbranched alkanes of at least 4 members (excludes halogenated alkanes) is 37. The first kappa shape index (κ1) is 60.5. The summed E-state index contributed by atoms with van der Waals surface area (Å²) >= 11 is 0. The molecule has 0 radical (unpaired) electrons. The number of hydrogen-bond donors (Lipinski definition) is 3. The van der Waals surface area contributed by atoms with E-state index in [9.17, 15) is 19.4 Å². The number of nitrogens with one attached hydrogen (secondary N) is 1. The third kappa shape index (κ3) is 47.3. The van der Waals surface area contributed by atoms with Crippen LogP contribution in [0.4, 0.5) is 0 Å². The molecule has 0 bridgehead atoms. The number of phosphoric ester groups is 1. The van der Waals surface area contributed by atoms with Gasteiger partial charge in [0.15, 0.2) is 0 Å². The molecule has 0 aromatic carbocycles. The maximum absolute atomic E-state index is 12.9. The van der Waals surface area contributed by atoms with Crippen LogP contribution in [0.3, 0.4) is 0 Å². The van der Waals surface area contributed by atoms with Crippen LogP contribution in [0.2, 0.25) is 0 Å². The van der Waals surface area contributed by atoms with Gasteiger partial charge in [0, 0.05) is 6.42 Å². The standard InChI is InChI=1S/C52H107N2O6P/c1-6-8-10-12-14-16-18-20-21-22-23-24-25-26-27-28-29-30-31-32-34-36-38-40-42-44-46-52(56)53-50(49-60-61(57,58)59-48-47-54(3,4)5)51(55)45-43-41-39-37-35-33-19-17-15-13-11-9-7-2/h50-51,55H,6-49H2,1-5H3,(H-,53,56,57,58)/p+1. The van der Waals surface area contributed by atoms with Crippen LogP contribution < -0.4 is 5.32 Å². The second-order valence-corrected chi connectivity index (χ2v) is 21.4. The molecule has 0 aliphatic rings. The molecular formula is C52H108N2O6P+. The first-order chi connectivity index (χ1) is 29.5. The summed E-state index contributed by atoms with van der Waals surface area (Å²) in [5, 5.41) is 14.0. The van der Waals surface area contributed by atoms with E-state index in [2.05, 4.69) is 19.2 Å². The number of carbonyl (C=O) groups is 1. The smallest absolute Gasteiger partial charge is 0.391 e. The van der Waals surface area contributed by atoms with E-state index in [-0.39, 0.29) is 19.1 Å². The minimum atomic E-state index is -4.31. The quantitative estimate of drug-likeness (QED) is 0.0319. The molecule has 0 heterocycles. The van der Waals surface area contributed by atoms with Gasteiger partial charge in [0.05, 0.1) is 39.9 Å². The van der Waals surface area contributed by atoms with E-state index in [4.69, 9.17) is 9.05 Å². The summed E-state index contributed by atoms with van der Waals surface area (Å²) in [4.78, 5) is 23.2. The first-order valence-corrected chi connectivity index (χ1v) is 28.4. The van der Waals surface area contributed by atoms with Gasteiger partial charge in [-0.15, -0.1) is 0 Å². The number of nitrogens with zero attached hydrogens (tertiary/aromatic N) is 1. The number of aliphatic hydroxyl groups excluding tert-OH is 1. The van der Waals surface area contributed by atoms with Gasteiger partial charge in [-0.25, -0.2) is 4.57 Å². The maximum atomic E-state index is 12.9. The number of hydrogen-bond acceptors (Lipinski definition) is 5. The number of likely N-dealkylation sites (N-methyl/N-ethyl adjacent to an activating group) is 1. The SMILES string of the molecule is CCCCCCCCCCCCCCCCCCCCCCCCCCCCC(=O)NC(COP(=O)(O)OCC[N+](C)(C)C)C(O)CCCCCCCCCCCCCCC. The minimum absolute atomic E-state index is 0.0788. The molecule has 0 fully saturated rings. The molecule has 366 valence electrons. The van der Waals surface area contributed by atoms with E-state index in [1.165, 1.54) is 212 Å². The number of rotatable bonds is 50. The summed E-state index contributed by atoms with van der Waals surface area (Å²) < 4.78 is 23.7. The Bertz CT molecular complexity index is 963. The summed E-state index contributed by atoms with van der Waals surface area (Å²) in [5.41, 5.74) is 0. The molecule has 0 saturated heterocycles. The molecule has 0 aromatic heterocycles. The van der Waals surface area contributed by atoms with Crippen molar-refractivity contribution in [3.05, 3.63) is 0 Å². The molecular weight excluding hydrogens is 780 g/mol. The van der Waals surface area contributed by atoms with Crippen molar-refractivity contribution in [1.29, 1.82) is 0 Å². The number of phosphoric acid groups is 1. The molecule has 8 nitrogen and oxygen atoms in total. The summed E-state index contributed by atoms with van der Waals surface area (Å²) in [6, 6.07) is -0.753. The lowest BCUT2D eigenvalue weighted by Crippen LogP contribution is -2.46. The number of aliphatic hydroxyl groups is 1. The molecule has 9 heteroatoms. The van der Waals surface area contributed by atoms with Gasteiger partial charge >= 0.3 is 7.82 Å². The highest BCUT2D eigenvalue weighted by molar-refractivity contribution is 7.47. The number of amides is 1. The van der Waals surface area contributed by atoms with Crippen LogP contribution in [-0.2, 0) is 18.4 Å². The second-order valence-electron chi connectivity index (χ2n) is 20.0. The molecule has 0 aliphatic heterocycles. The van der Waals surface area contributed by atoms with Crippen molar-refractivity contribution in [2.24, 2.45) is 0 Å². The van der Waals surface area contributed by atoms with Crippen molar-refractivity contribution >= 4 is 13.7 Å². The molecule has 3 atom stereocenters. The lowest BCUT2D eigenvalue weighted by atomic mass is 10.0. The molecule has 3 unspecified atom stereocenters. The maximum Gasteiger partial charge on any atom is 0.472 e. The molecule has 0 aliphatic carbocycles. The highest BCUT2D eigenvalue weighted by atomic mass is 31.2. The van der Waals surface area contributed by atoms with Crippen molar-refractivity contribution < 1.29 is 32.9 Å². The highest BCUT2D eigenvalue weighted by Gasteiger charge is 2.28. The topological polar surface area (TPSA) is 105 Å². The Morgan fingerprint density at radius 1 is 0.492 bits per heavy atom. The Morgan fingerprint density at radius 2 is 0.787 bits per heavy atom.